The van der Waals surface area contributed by atoms with Crippen molar-refractivity contribution in [3.63, 3.8) is 0 Å². The smallest absolute Gasteiger partial charge is 0.349 e. The van der Waals surface area contributed by atoms with Gasteiger partial charge in [0.1, 0.15) is 0 Å². The van der Waals surface area contributed by atoms with E-state index in [1.54, 1.807) is 0 Å². The van der Waals surface area contributed by atoms with E-state index < -0.39 is 24.5 Å². The second-order valence-electron chi connectivity index (χ2n) is 5.61. The average Bonchev–Trinajstić information content (AvgIpc) is 2.38. The highest BCUT2D eigenvalue weighted by Crippen LogP contribution is 2.32. The van der Waals surface area contributed by atoms with E-state index in [9.17, 15) is 18.0 Å². The predicted molar refractivity (Wildman–Crippen MR) is 81.7 cm³/mol. The number of rotatable bonds is 7. The highest BCUT2D eigenvalue weighted by molar-refractivity contribution is 5.73. The first-order valence-corrected chi connectivity index (χ1v) is 7.72. The number of hydrogen-bond donors (Lipinski definition) is 1. The molecule has 0 radical (unpaired) electrons. The molecule has 1 rings (SSSR count). The highest BCUT2D eigenvalue weighted by atomic mass is 19.4. The van der Waals surface area contributed by atoms with Gasteiger partial charge in [-0.25, -0.2) is 0 Å². The molecule has 0 heterocycles. The summed E-state index contributed by atoms with van der Waals surface area (Å²) in [6, 6.07) is 4.67. The molecule has 0 aliphatic heterocycles. The third-order valence-corrected chi connectivity index (χ3v) is 3.46. The monoisotopic (exact) mass is 315 g/mol. The second kappa shape index (κ2) is 8.20. The molecule has 1 aromatic rings. The van der Waals surface area contributed by atoms with E-state index in [2.05, 4.69) is 5.32 Å². The van der Waals surface area contributed by atoms with Gasteiger partial charge in [-0.2, -0.15) is 13.2 Å². The summed E-state index contributed by atoms with van der Waals surface area (Å²) in [5.41, 5.74) is 2.49. The summed E-state index contributed by atoms with van der Waals surface area (Å²) in [6.07, 6.45) is -2.07. The van der Waals surface area contributed by atoms with Gasteiger partial charge in [-0.05, 0) is 29.5 Å². The lowest BCUT2D eigenvalue weighted by atomic mass is 9.92. The molecular formula is C17H24F3NO. The predicted octanol–water partition coefficient (Wildman–Crippen LogP) is 4.72. The van der Waals surface area contributed by atoms with Gasteiger partial charge < -0.3 is 5.32 Å². The van der Waals surface area contributed by atoms with Crippen molar-refractivity contribution in [1.29, 1.82) is 0 Å². The maximum absolute atomic E-state index is 12.9. The lowest BCUT2D eigenvalue weighted by Crippen LogP contribution is -2.31. The molecule has 0 fully saturated rings. The van der Waals surface area contributed by atoms with Gasteiger partial charge in [0, 0.05) is 6.92 Å². The Bertz CT molecular complexity index is 497. The van der Waals surface area contributed by atoms with Crippen LogP contribution in [0.15, 0.2) is 18.2 Å². The van der Waals surface area contributed by atoms with Crippen LogP contribution >= 0.6 is 0 Å². The zero-order valence-electron chi connectivity index (χ0n) is 13.4. The molecule has 0 saturated carbocycles. The van der Waals surface area contributed by atoms with Crippen LogP contribution in [-0.4, -0.2) is 12.1 Å². The van der Waals surface area contributed by atoms with Crippen LogP contribution in [0.3, 0.4) is 0 Å². The number of aryl methyl sites for hydroxylation is 2. The average molecular weight is 315 g/mol. The van der Waals surface area contributed by atoms with Crippen LogP contribution in [0, 0.1) is 0 Å². The molecular weight excluding hydrogens is 291 g/mol. The third kappa shape index (κ3) is 6.08. The molecule has 0 aliphatic carbocycles. The van der Waals surface area contributed by atoms with E-state index in [0.717, 1.165) is 30.4 Å². The molecule has 0 bridgehead atoms. The maximum Gasteiger partial charge on any atom is 0.391 e. The lowest BCUT2D eigenvalue weighted by Gasteiger charge is -2.23. The zero-order chi connectivity index (χ0) is 16.8. The van der Waals surface area contributed by atoms with Gasteiger partial charge in [0.05, 0.1) is 12.5 Å². The number of hydrogen-bond acceptors (Lipinski definition) is 1. The van der Waals surface area contributed by atoms with Crippen LogP contribution in [0.4, 0.5) is 13.2 Å². The Balaban J connectivity index is 3.22. The molecule has 2 nitrogen and oxygen atoms in total. The second-order valence-corrected chi connectivity index (χ2v) is 5.61. The molecule has 1 atom stereocenters. The molecule has 0 saturated heterocycles. The van der Waals surface area contributed by atoms with Gasteiger partial charge in [-0.3, -0.25) is 4.79 Å². The number of carbonyl (C=O) groups excluding carboxylic acids is 1. The number of nitrogens with one attached hydrogen (secondary N) is 1. The number of halogens is 3. The largest absolute Gasteiger partial charge is 0.391 e. The Morgan fingerprint density at radius 3 is 2.32 bits per heavy atom. The molecule has 22 heavy (non-hydrogen) atoms. The molecule has 0 aromatic heterocycles. The van der Waals surface area contributed by atoms with Gasteiger partial charge in [-0.15, -0.1) is 0 Å². The summed E-state index contributed by atoms with van der Waals surface area (Å²) in [7, 11) is 0. The first kappa shape index (κ1) is 18.5. The van der Waals surface area contributed by atoms with Gasteiger partial charge in [-0.1, -0.05) is 44.9 Å². The van der Waals surface area contributed by atoms with Crippen molar-refractivity contribution in [2.45, 2.75) is 65.1 Å². The summed E-state index contributed by atoms with van der Waals surface area (Å²) in [5.74, 6) is -0.447. The number of amides is 1. The van der Waals surface area contributed by atoms with E-state index in [0.29, 0.717) is 12.0 Å². The zero-order valence-corrected chi connectivity index (χ0v) is 13.4. The SMILES string of the molecule is CCCc1ccc(CCC)c(C(CC(F)(F)F)NC(C)=O)c1. The fraction of sp³-hybridized carbons (Fsp3) is 0.588. The van der Waals surface area contributed by atoms with E-state index >= 15 is 0 Å². The van der Waals surface area contributed by atoms with Crippen molar-refractivity contribution < 1.29 is 18.0 Å². The molecule has 1 aromatic carbocycles. The van der Waals surface area contributed by atoms with Gasteiger partial charge in [0.2, 0.25) is 5.91 Å². The van der Waals surface area contributed by atoms with Crippen LogP contribution in [0.25, 0.3) is 0 Å². The quantitative estimate of drug-likeness (QED) is 0.775. The molecule has 124 valence electrons. The minimum Gasteiger partial charge on any atom is -0.349 e. The molecule has 1 amide bonds. The van der Waals surface area contributed by atoms with Gasteiger partial charge in [0.15, 0.2) is 0 Å². The minimum atomic E-state index is -4.32. The lowest BCUT2D eigenvalue weighted by molar-refractivity contribution is -0.142. The summed E-state index contributed by atoms with van der Waals surface area (Å²) in [4.78, 5) is 11.3. The fourth-order valence-electron chi connectivity index (χ4n) is 2.63. The van der Waals surface area contributed by atoms with Crippen molar-refractivity contribution in [2.75, 3.05) is 0 Å². The van der Waals surface area contributed by atoms with E-state index in [1.165, 1.54) is 6.92 Å². The molecule has 0 aliphatic rings. The molecule has 5 heteroatoms. The summed E-state index contributed by atoms with van der Waals surface area (Å²) in [6.45, 7) is 5.26. The Morgan fingerprint density at radius 1 is 1.18 bits per heavy atom. The number of benzene rings is 1. The van der Waals surface area contributed by atoms with Crippen LogP contribution in [0.2, 0.25) is 0 Å². The molecule has 1 N–H and O–H groups in total. The number of alkyl halides is 3. The Kier molecular flexibility index (Phi) is 6.91. The van der Waals surface area contributed by atoms with Crippen LogP contribution < -0.4 is 5.32 Å². The van der Waals surface area contributed by atoms with Crippen molar-refractivity contribution in [3.05, 3.63) is 34.9 Å². The van der Waals surface area contributed by atoms with Crippen LogP contribution in [0.1, 0.15) is 62.8 Å². The summed E-state index contributed by atoms with van der Waals surface area (Å²) in [5, 5.41) is 2.46. The van der Waals surface area contributed by atoms with E-state index in [1.807, 2.05) is 32.0 Å². The standard InChI is InChI=1S/C17H24F3NO/c1-4-6-13-8-9-14(7-5-2)15(10-13)16(21-12(3)22)11-17(18,19)20/h8-10,16H,4-7,11H2,1-3H3,(H,21,22). The Hall–Kier alpha value is -1.52. The van der Waals surface area contributed by atoms with Crippen molar-refractivity contribution in [1.82, 2.24) is 5.32 Å². The summed E-state index contributed by atoms with van der Waals surface area (Å²) < 4.78 is 38.6. The first-order chi connectivity index (χ1) is 10.3. The molecule has 0 spiro atoms. The molecule has 1 unspecified atom stereocenters. The fourth-order valence-corrected chi connectivity index (χ4v) is 2.63. The van der Waals surface area contributed by atoms with Crippen LogP contribution in [0.5, 0.6) is 0 Å². The topological polar surface area (TPSA) is 29.1 Å². The van der Waals surface area contributed by atoms with E-state index in [-0.39, 0.29) is 0 Å². The van der Waals surface area contributed by atoms with Crippen molar-refractivity contribution >= 4 is 5.91 Å². The summed E-state index contributed by atoms with van der Waals surface area (Å²) >= 11 is 0. The maximum atomic E-state index is 12.9. The Labute approximate surface area is 130 Å². The normalized spacial score (nSPS) is 13.0. The van der Waals surface area contributed by atoms with Crippen molar-refractivity contribution in [3.8, 4) is 0 Å². The highest BCUT2D eigenvalue weighted by Gasteiger charge is 2.34. The van der Waals surface area contributed by atoms with Crippen LogP contribution in [-0.2, 0) is 17.6 Å². The number of carbonyl (C=O) groups is 1. The minimum absolute atomic E-state index is 0.447. The first-order valence-electron chi connectivity index (χ1n) is 7.72. The van der Waals surface area contributed by atoms with Gasteiger partial charge in [0.25, 0.3) is 0 Å². The van der Waals surface area contributed by atoms with Gasteiger partial charge >= 0.3 is 6.18 Å². The van der Waals surface area contributed by atoms with Crippen molar-refractivity contribution in [2.24, 2.45) is 0 Å². The Morgan fingerprint density at radius 2 is 1.82 bits per heavy atom. The third-order valence-electron chi connectivity index (χ3n) is 3.46. The van der Waals surface area contributed by atoms with E-state index in [4.69, 9.17) is 0 Å².